The monoisotopic (exact) mass is 140 g/mol. The van der Waals surface area contributed by atoms with Gasteiger partial charge in [-0.25, -0.2) is 4.98 Å². The molecule has 1 atom stereocenters. The van der Waals surface area contributed by atoms with E-state index in [1.165, 1.54) is 6.39 Å². The van der Waals surface area contributed by atoms with Crippen molar-refractivity contribution in [2.45, 2.75) is 12.6 Å². The first-order chi connectivity index (χ1) is 4.88. The lowest BCUT2D eigenvalue weighted by atomic mass is 10.1. The van der Waals surface area contributed by atoms with Gasteiger partial charge in [0.25, 0.3) is 0 Å². The van der Waals surface area contributed by atoms with E-state index in [-0.39, 0.29) is 0 Å². The molecule has 1 aliphatic heterocycles. The summed E-state index contributed by atoms with van der Waals surface area (Å²) in [5, 5.41) is 12.3. The van der Waals surface area contributed by atoms with E-state index in [2.05, 4.69) is 10.3 Å². The molecule has 10 heavy (non-hydrogen) atoms. The molecule has 0 bridgehead atoms. The van der Waals surface area contributed by atoms with Crippen molar-refractivity contribution < 1.29 is 9.52 Å². The Labute approximate surface area is 57.9 Å². The number of hydrogen-bond donors (Lipinski definition) is 2. The third-order valence-electron chi connectivity index (χ3n) is 1.61. The van der Waals surface area contributed by atoms with E-state index in [1.807, 2.05) is 0 Å². The van der Waals surface area contributed by atoms with Crippen molar-refractivity contribution in [3.05, 3.63) is 17.8 Å². The normalized spacial score (nSPS) is 24.3. The maximum Gasteiger partial charge on any atom is 0.181 e. The van der Waals surface area contributed by atoms with Crippen molar-refractivity contribution in [1.82, 2.24) is 10.3 Å². The van der Waals surface area contributed by atoms with Gasteiger partial charge in [0.15, 0.2) is 6.39 Å². The minimum atomic E-state index is -0.498. The predicted molar refractivity (Wildman–Crippen MR) is 33.2 cm³/mol. The first-order valence-electron chi connectivity index (χ1n) is 3.19. The Kier molecular flexibility index (Phi) is 1.22. The largest absolute Gasteiger partial charge is 0.447 e. The van der Waals surface area contributed by atoms with Crippen molar-refractivity contribution in [1.29, 1.82) is 0 Å². The number of rotatable bonds is 0. The fraction of sp³-hybridized carbons (Fsp3) is 0.500. The fourth-order valence-corrected chi connectivity index (χ4v) is 1.10. The van der Waals surface area contributed by atoms with Gasteiger partial charge in [-0.1, -0.05) is 0 Å². The predicted octanol–water partition coefficient (Wildman–Crippen LogP) is -0.189. The minimum Gasteiger partial charge on any atom is -0.447 e. The lowest BCUT2D eigenvalue weighted by Crippen LogP contribution is -2.27. The second-order valence-electron chi connectivity index (χ2n) is 2.31. The highest BCUT2D eigenvalue weighted by molar-refractivity contribution is 5.13. The maximum atomic E-state index is 9.27. The molecule has 4 heteroatoms. The van der Waals surface area contributed by atoms with Gasteiger partial charge in [0.1, 0.15) is 17.6 Å². The average Bonchev–Trinajstić information content (AvgIpc) is 2.36. The van der Waals surface area contributed by atoms with Crippen molar-refractivity contribution >= 4 is 0 Å². The lowest BCUT2D eigenvalue weighted by Gasteiger charge is -2.15. The highest BCUT2D eigenvalue weighted by Gasteiger charge is 2.20. The highest BCUT2D eigenvalue weighted by Crippen LogP contribution is 2.18. The number of aliphatic hydroxyl groups is 1. The number of nitrogens with one attached hydrogen (secondary N) is 1. The molecule has 0 saturated heterocycles. The molecule has 0 aromatic carbocycles. The Morgan fingerprint density at radius 1 is 1.80 bits per heavy atom. The summed E-state index contributed by atoms with van der Waals surface area (Å²) in [6, 6.07) is 0. The van der Waals surface area contributed by atoms with Gasteiger partial charge < -0.3 is 14.8 Å². The van der Waals surface area contributed by atoms with Crippen LogP contribution in [0.3, 0.4) is 0 Å². The smallest absolute Gasteiger partial charge is 0.181 e. The summed E-state index contributed by atoms with van der Waals surface area (Å²) in [5.74, 6) is 0.749. The zero-order valence-corrected chi connectivity index (χ0v) is 5.37. The summed E-state index contributed by atoms with van der Waals surface area (Å²) in [4.78, 5) is 3.88. The Morgan fingerprint density at radius 2 is 2.70 bits per heavy atom. The second-order valence-corrected chi connectivity index (χ2v) is 2.31. The van der Waals surface area contributed by atoms with E-state index >= 15 is 0 Å². The maximum absolute atomic E-state index is 9.27. The number of hydrogen-bond acceptors (Lipinski definition) is 4. The Hall–Kier alpha value is -0.870. The van der Waals surface area contributed by atoms with E-state index in [0.717, 1.165) is 5.76 Å². The molecule has 0 saturated carbocycles. The van der Waals surface area contributed by atoms with Crippen LogP contribution in [0.2, 0.25) is 0 Å². The third kappa shape index (κ3) is 0.732. The molecule has 0 radical (unpaired) electrons. The number of oxazole rings is 1. The van der Waals surface area contributed by atoms with E-state index < -0.39 is 6.10 Å². The zero-order valence-electron chi connectivity index (χ0n) is 5.37. The Bertz CT molecular complexity index is 233. The SMILES string of the molecule is OC1CNCc2ocnc21. The van der Waals surface area contributed by atoms with E-state index in [1.54, 1.807) is 0 Å². The van der Waals surface area contributed by atoms with Crippen LogP contribution in [0.25, 0.3) is 0 Å². The highest BCUT2D eigenvalue weighted by atomic mass is 16.3. The molecule has 4 nitrogen and oxygen atoms in total. The molecule has 1 aromatic rings. The lowest BCUT2D eigenvalue weighted by molar-refractivity contribution is 0.157. The van der Waals surface area contributed by atoms with Gasteiger partial charge in [-0.15, -0.1) is 0 Å². The molecule has 1 aliphatic rings. The summed E-state index contributed by atoms with van der Waals surface area (Å²) in [6.07, 6.45) is 0.864. The molecule has 0 fully saturated rings. The van der Waals surface area contributed by atoms with Crippen molar-refractivity contribution in [3.63, 3.8) is 0 Å². The van der Waals surface area contributed by atoms with E-state index in [0.29, 0.717) is 18.8 Å². The number of nitrogens with zero attached hydrogens (tertiary/aromatic N) is 1. The van der Waals surface area contributed by atoms with Crippen LogP contribution in [-0.4, -0.2) is 16.6 Å². The van der Waals surface area contributed by atoms with Crippen LogP contribution in [0.5, 0.6) is 0 Å². The first kappa shape index (κ1) is 5.88. The molecule has 2 rings (SSSR count). The standard InChI is InChI=1S/C6H8N2O2/c9-4-1-7-2-5-6(4)8-3-10-5/h3-4,7,9H,1-2H2. The van der Waals surface area contributed by atoms with Crippen molar-refractivity contribution in [3.8, 4) is 0 Å². The molecular formula is C6H8N2O2. The topological polar surface area (TPSA) is 58.3 Å². The van der Waals surface area contributed by atoms with Gasteiger partial charge in [-0.2, -0.15) is 0 Å². The second kappa shape index (κ2) is 2.07. The molecular weight excluding hydrogens is 132 g/mol. The summed E-state index contributed by atoms with van der Waals surface area (Å²) in [6.45, 7) is 1.24. The van der Waals surface area contributed by atoms with Gasteiger partial charge in [0, 0.05) is 6.54 Å². The van der Waals surface area contributed by atoms with Crippen molar-refractivity contribution in [2.75, 3.05) is 6.54 Å². The fourth-order valence-electron chi connectivity index (χ4n) is 1.10. The molecule has 0 spiro atoms. The Balaban J connectivity index is 2.41. The summed E-state index contributed by atoms with van der Waals surface area (Å²) in [7, 11) is 0. The number of β-amino-alcohol motifs (C(OH)–C–C–N with tert-alkyl or cyclic N) is 1. The number of fused-ring (bicyclic) bond motifs is 1. The van der Waals surface area contributed by atoms with Crippen LogP contribution in [0, 0.1) is 0 Å². The average molecular weight is 140 g/mol. The molecule has 54 valence electrons. The van der Waals surface area contributed by atoms with Gasteiger partial charge in [-0.3, -0.25) is 0 Å². The molecule has 0 amide bonds. The van der Waals surface area contributed by atoms with Crippen LogP contribution in [0.15, 0.2) is 10.8 Å². The third-order valence-corrected chi connectivity index (χ3v) is 1.61. The van der Waals surface area contributed by atoms with Gasteiger partial charge >= 0.3 is 0 Å². The number of aliphatic hydroxyl groups excluding tert-OH is 1. The molecule has 2 N–H and O–H groups in total. The van der Waals surface area contributed by atoms with E-state index in [4.69, 9.17) is 4.42 Å². The van der Waals surface area contributed by atoms with Crippen LogP contribution in [-0.2, 0) is 6.54 Å². The van der Waals surface area contributed by atoms with Gasteiger partial charge in [0.2, 0.25) is 0 Å². The molecule has 1 unspecified atom stereocenters. The first-order valence-corrected chi connectivity index (χ1v) is 3.19. The molecule has 0 aliphatic carbocycles. The Morgan fingerprint density at radius 3 is 3.50 bits per heavy atom. The summed E-state index contributed by atoms with van der Waals surface area (Å²) in [5.41, 5.74) is 0.679. The number of aromatic nitrogens is 1. The van der Waals surface area contributed by atoms with Crippen LogP contribution in [0.1, 0.15) is 17.6 Å². The quantitative estimate of drug-likeness (QED) is 0.524. The molecule has 1 aromatic heterocycles. The minimum absolute atomic E-state index is 0.498. The summed E-state index contributed by atoms with van der Waals surface area (Å²) >= 11 is 0. The van der Waals surface area contributed by atoms with Gasteiger partial charge in [-0.05, 0) is 0 Å². The van der Waals surface area contributed by atoms with Crippen LogP contribution in [0.4, 0.5) is 0 Å². The van der Waals surface area contributed by atoms with Crippen molar-refractivity contribution in [2.24, 2.45) is 0 Å². The van der Waals surface area contributed by atoms with E-state index in [9.17, 15) is 5.11 Å². The van der Waals surface area contributed by atoms with Crippen LogP contribution < -0.4 is 5.32 Å². The summed E-state index contributed by atoms with van der Waals surface area (Å²) < 4.78 is 4.99. The molecule has 2 heterocycles. The van der Waals surface area contributed by atoms with Crippen LogP contribution >= 0.6 is 0 Å². The van der Waals surface area contributed by atoms with Gasteiger partial charge in [0.05, 0.1) is 6.54 Å². The zero-order chi connectivity index (χ0) is 6.97.